The lowest BCUT2D eigenvalue weighted by molar-refractivity contribution is -0.117. The van der Waals surface area contributed by atoms with Crippen LogP contribution in [0.1, 0.15) is 56.9 Å². The van der Waals surface area contributed by atoms with E-state index in [-0.39, 0.29) is 11.8 Å². The number of piperidine rings is 1. The SMILES string of the molecule is C=C(NCCCC)N1CCC(c2cc(NC(=O)C3CC3)nc3[nH]ccc23)CC1. The Morgan fingerprint density at radius 1 is 1.32 bits per heavy atom. The van der Waals surface area contributed by atoms with Crippen molar-refractivity contribution in [3.63, 3.8) is 0 Å². The van der Waals surface area contributed by atoms with Crippen molar-refractivity contribution in [2.45, 2.75) is 51.4 Å². The van der Waals surface area contributed by atoms with Gasteiger partial charge in [0.1, 0.15) is 11.5 Å². The number of rotatable bonds is 8. The smallest absolute Gasteiger partial charge is 0.228 e. The number of unbranched alkanes of at least 4 members (excludes halogenated alkanes) is 1. The Morgan fingerprint density at radius 3 is 2.82 bits per heavy atom. The van der Waals surface area contributed by atoms with Gasteiger partial charge in [-0.2, -0.15) is 0 Å². The molecule has 3 heterocycles. The molecule has 1 aliphatic carbocycles. The van der Waals surface area contributed by atoms with Gasteiger partial charge in [0.2, 0.25) is 5.91 Å². The molecule has 150 valence electrons. The maximum absolute atomic E-state index is 12.2. The first-order valence-electron chi connectivity index (χ1n) is 10.6. The minimum atomic E-state index is 0.105. The van der Waals surface area contributed by atoms with Gasteiger partial charge >= 0.3 is 0 Å². The highest BCUT2D eigenvalue weighted by atomic mass is 16.2. The van der Waals surface area contributed by atoms with Gasteiger partial charge in [0.15, 0.2) is 0 Å². The van der Waals surface area contributed by atoms with E-state index >= 15 is 0 Å². The fraction of sp³-hybridized carbons (Fsp3) is 0.545. The Labute approximate surface area is 166 Å². The van der Waals surface area contributed by atoms with Crippen LogP contribution >= 0.6 is 0 Å². The third-order valence-electron chi connectivity index (χ3n) is 5.94. The van der Waals surface area contributed by atoms with Crippen LogP contribution < -0.4 is 10.6 Å². The Hall–Kier alpha value is -2.50. The standard InChI is InChI=1S/C22H31N5O/c1-3-4-10-23-15(2)27-12-8-16(9-13-27)19-14-20(26-22(28)17-5-6-17)25-21-18(19)7-11-24-21/h7,11,14,16-17,23H,2-6,8-10,12-13H2,1H3,(H2,24,25,26,28). The van der Waals surface area contributed by atoms with Gasteiger partial charge in [0.05, 0.1) is 5.82 Å². The Morgan fingerprint density at radius 2 is 2.11 bits per heavy atom. The third kappa shape index (κ3) is 4.16. The molecule has 6 heteroatoms. The van der Waals surface area contributed by atoms with Crippen LogP contribution in [0.2, 0.25) is 0 Å². The zero-order valence-electron chi connectivity index (χ0n) is 16.8. The van der Waals surface area contributed by atoms with Crippen molar-refractivity contribution in [2.24, 2.45) is 5.92 Å². The van der Waals surface area contributed by atoms with Crippen LogP contribution in [0.15, 0.2) is 30.7 Å². The van der Waals surface area contributed by atoms with Gasteiger partial charge in [-0.15, -0.1) is 0 Å². The zero-order chi connectivity index (χ0) is 19.5. The van der Waals surface area contributed by atoms with Crippen LogP contribution in [0.5, 0.6) is 0 Å². The third-order valence-corrected chi connectivity index (χ3v) is 5.94. The number of H-pyrrole nitrogens is 1. The van der Waals surface area contributed by atoms with Crippen molar-refractivity contribution in [1.82, 2.24) is 20.2 Å². The number of anilines is 1. The first-order valence-corrected chi connectivity index (χ1v) is 10.6. The van der Waals surface area contributed by atoms with E-state index in [0.717, 1.165) is 56.8 Å². The minimum absolute atomic E-state index is 0.105. The molecule has 0 aromatic carbocycles. The number of fused-ring (bicyclic) bond motifs is 1. The van der Waals surface area contributed by atoms with Crippen LogP contribution in [0.25, 0.3) is 11.0 Å². The van der Waals surface area contributed by atoms with Crippen molar-refractivity contribution in [3.05, 3.63) is 36.3 Å². The highest BCUT2D eigenvalue weighted by molar-refractivity contribution is 5.94. The summed E-state index contributed by atoms with van der Waals surface area (Å²) >= 11 is 0. The maximum Gasteiger partial charge on any atom is 0.228 e. The molecule has 2 aromatic heterocycles. The van der Waals surface area contributed by atoms with Crippen molar-refractivity contribution >= 4 is 22.8 Å². The second-order valence-electron chi connectivity index (χ2n) is 8.09. The van der Waals surface area contributed by atoms with Gasteiger partial charge in [-0.25, -0.2) is 4.98 Å². The van der Waals surface area contributed by atoms with E-state index in [1.54, 1.807) is 0 Å². The summed E-state index contributed by atoms with van der Waals surface area (Å²) in [4.78, 5) is 22.4. The molecule has 2 aliphatic rings. The topological polar surface area (TPSA) is 73.0 Å². The zero-order valence-corrected chi connectivity index (χ0v) is 16.8. The summed E-state index contributed by atoms with van der Waals surface area (Å²) in [6, 6.07) is 4.19. The van der Waals surface area contributed by atoms with E-state index in [9.17, 15) is 4.79 Å². The lowest BCUT2D eigenvalue weighted by atomic mass is 9.88. The molecule has 0 bridgehead atoms. The fourth-order valence-electron chi connectivity index (χ4n) is 4.02. The number of aromatic amines is 1. The fourth-order valence-corrected chi connectivity index (χ4v) is 4.02. The summed E-state index contributed by atoms with van der Waals surface area (Å²) in [5.74, 6) is 2.48. The molecule has 1 amide bonds. The minimum Gasteiger partial charge on any atom is -0.372 e. The summed E-state index contributed by atoms with van der Waals surface area (Å²) in [6.07, 6.45) is 8.45. The van der Waals surface area contributed by atoms with Gasteiger partial charge in [0, 0.05) is 37.1 Å². The Bertz CT molecular complexity index is 846. The molecule has 2 fully saturated rings. The van der Waals surface area contributed by atoms with Crippen molar-refractivity contribution in [2.75, 3.05) is 25.0 Å². The number of carbonyl (C=O) groups is 1. The van der Waals surface area contributed by atoms with E-state index in [2.05, 4.69) is 51.1 Å². The number of hydrogen-bond acceptors (Lipinski definition) is 4. The number of pyridine rings is 1. The van der Waals surface area contributed by atoms with E-state index in [1.165, 1.54) is 23.8 Å². The molecule has 0 atom stereocenters. The Kier molecular flexibility index (Phi) is 5.55. The van der Waals surface area contributed by atoms with Crippen molar-refractivity contribution < 1.29 is 4.79 Å². The van der Waals surface area contributed by atoms with Crippen molar-refractivity contribution in [1.29, 1.82) is 0 Å². The molecule has 1 saturated carbocycles. The van der Waals surface area contributed by atoms with Gasteiger partial charge in [-0.05, 0) is 55.7 Å². The maximum atomic E-state index is 12.2. The molecule has 2 aromatic rings. The van der Waals surface area contributed by atoms with Gasteiger partial charge in [-0.1, -0.05) is 19.9 Å². The monoisotopic (exact) mass is 381 g/mol. The Balaban J connectivity index is 1.44. The van der Waals surface area contributed by atoms with Gasteiger partial charge in [-0.3, -0.25) is 4.79 Å². The quantitative estimate of drug-likeness (QED) is 0.605. The second kappa shape index (κ2) is 8.25. The number of likely N-dealkylation sites (tertiary alicyclic amines) is 1. The highest BCUT2D eigenvalue weighted by Crippen LogP contribution is 2.35. The summed E-state index contributed by atoms with van der Waals surface area (Å²) in [5, 5.41) is 7.64. The summed E-state index contributed by atoms with van der Waals surface area (Å²) < 4.78 is 0. The van der Waals surface area contributed by atoms with Crippen molar-refractivity contribution in [3.8, 4) is 0 Å². The molecule has 3 N–H and O–H groups in total. The van der Waals surface area contributed by atoms with E-state index in [0.29, 0.717) is 11.7 Å². The molecule has 1 aliphatic heterocycles. The lowest BCUT2D eigenvalue weighted by Gasteiger charge is -2.35. The first kappa shape index (κ1) is 18.8. The number of carbonyl (C=O) groups excluding carboxylic acids is 1. The van der Waals surface area contributed by atoms with Crippen LogP contribution in [0.4, 0.5) is 5.82 Å². The van der Waals surface area contributed by atoms with Crippen LogP contribution in [-0.4, -0.2) is 40.4 Å². The van der Waals surface area contributed by atoms with Crippen LogP contribution in [0, 0.1) is 5.92 Å². The van der Waals surface area contributed by atoms with Crippen LogP contribution in [-0.2, 0) is 4.79 Å². The molecule has 1 saturated heterocycles. The molecule has 0 spiro atoms. The largest absolute Gasteiger partial charge is 0.372 e. The van der Waals surface area contributed by atoms with E-state index in [1.807, 2.05) is 6.20 Å². The number of nitrogens with zero attached hydrogens (tertiary/aromatic N) is 2. The normalized spacial score (nSPS) is 17.7. The molecular weight excluding hydrogens is 350 g/mol. The number of hydrogen-bond donors (Lipinski definition) is 3. The molecule has 0 radical (unpaired) electrons. The first-order chi connectivity index (χ1) is 13.7. The lowest BCUT2D eigenvalue weighted by Crippen LogP contribution is -2.37. The number of amides is 1. The van der Waals surface area contributed by atoms with E-state index < -0.39 is 0 Å². The summed E-state index contributed by atoms with van der Waals surface area (Å²) in [6.45, 7) is 9.41. The molecule has 6 nitrogen and oxygen atoms in total. The highest BCUT2D eigenvalue weighted by Gasteiger charge is 2.30. The molecular formula is C22H31N5O. The van der Waals surface area contributed by atoms with E-state index in [4.69, 9.17) is 0 Å². The van der Waals surface area contributed by atoms with Crippen LogP contribution in [0.3, 0.4) is 0 Å². The molecule has 28 heavy (non-hydrogen) atoms. The van der Waals surface area contributed by atoms with Gasteiger partial charge in [0.25, 0.3) is 0 Å². The summed E-state index contributed by atoms with van der Waals surface area (Å²) in [5.41, 5.74) is 2.15. The number of aromatic nitrogens is 2. The molecule has 0 unspecified atom stereocenters. The average molecular weight is 382 g/mol. The molecule has 4 rings (SSSR count). The number of nitrogens with one attached hydrogen (secondary N) is 3. The second-order valence-corrected chi connectivity index (χ2v) is 8.09. The van der Waals surface area contributed by atoms with Gasteiger partial charge < -0.3 is 20.5 Å². The predicted octanol–water partition coefficient (Wildman–Crippen LogP) is 3.95. The predicted molar refractivity (Wildman–Crippen MR) is 113 cm³/mol. The summed E-state index contributed by atoms with van der Waals surface area (Å²) in [7, 11) is 0. The average Bonchev–Trinajstić information content (AvgIpc) is 3.46.